The van der Waals surface area contributed by atoms with Crippen LogP contribution in [0.3, 0.4) is 0 Å². The molecule has 0 bridgehead atoms. The number of aliphatic hydroxyl groups is 1. The first-order valence-corrected chi connectivity index (χ1v) is 9.38. The van der Waals surface area contributed by atoms with Gasteiger partial charge >= 0.3 is 0 Å². The van der Waals surface area contributed by atoms with E-state index in [1.807, 2.05) is 23.8 Å². The molecule has 0 saturated heterocycles. The van der Waals surface area contributed by atoms with Crippen molar-refractivity contribution in [3.63, 3.8) is 0 Å². The highest BCUT2D eigenvalue weighted by atomic mass is 127. The van der Waals surface area contributed by atoms with E-state index < -0.39 is 5.60 Å². The smallest absolute Gasteiger partial charge is 0.191 e. The van der Waals surface area contributed by atoms with Crippen molar-refractivity contribution >= 4 is 41.3 Å². The zero-order chi connectivity index (χ0) is 17.7. The molecule has 0 spiro atoms. The number of halogens is 1. The average Bonchev–Trinajstić information content (AvgIpc) is 3.10. The maximum Gasteiger partial charge on any atom is 0.191 e. The van der Waals surface area contributed by atoms with E-state index in [4.69, 9.17) is 9.47 Å². The number of hydrogen-bond acceptors (Lipinski definition) is 5. The summed E-state index contributed by atoms with van der Waals surface area (Å²) >= 11 is 1.58. The van der Waals surface area contributed by atoms with Crippen LogP contribution in [-0.4, -0.2) is 57.6 Å². The Morgan fingerprint density at radius 3 is 2.72 bits per heavy atom. The Morgan fingerprint density at radius 1 is 1.28 bits per heavy atom. The molecular formula is C17H32IN3O3S. The minimum absolute atomic E-state index is 0. The molecule has 0 amide bonds. The van der Waals surface area contributed by atoms with Crippen molar-refractivity contribution in [3.8, 4) is 0 Å². The Morgan fingerprint density at radius 2 is 2.08 bits per heavy atom. The lowest BCUT2D eigenvalue weighted by Gasteiger charge is -2.21. The van der Waals surface area contributed by atoms with Gasteiger partial charge in [0, 0.05) is 26.8 Å². The Labute approximate surface area is 172 Å². The lowest BCUT2D eigenvalue weighted by Crippen LogP contribution is -2.39. The number of unbranched alkanes of at least 4 members (excludes halogenated alkanes) is 1. The molecule has 0 saturated carbocycles. The third-order valence-electron chi connectivity index (χ3n) is 3.47. The van der Waals surface area contributed by atoms with Crippen LogP contribution in [0.1, 0.15) is 32.3 Å². The molecule has 0 aliphatic carbocycles. The Kier molecular flexibility index (Phi) is 14.5. The van der Waals surface area contributed by atoms with Gasteiger partial charge < -0.3 is 25.2 Å². The van der Waals surface area contributed by atoms with Crippen molar-refractivity contribution in [3.05, 3.63) is 22.4 Å². The minimum Gasteiger partial charge on any atom is -0.383 e. The molecule has 0 aliphatic heterocycles. The molecule has 0 radical (unpaired) electrons. The molecule has 1 unspecified atom stereocenters. The standard InChI is InChI=1S/C17H31N3O3S.HI/c1-4-18-16(19-8-5-6-9-23-11-10-22-3)20-14-17(2,21)15-7-12-24-13-15;/h7,12-13,21H,4-6,8-11,14H2,1-3H3,(H2,18,19,20);1H. The second-order valence-corrected chi connectivity index (χ2v) is 6.50. The van der Waals surface area contributed by atoms with E-state index in [1.165, 1.54) is 0 Å². The summed E-state index contributed by atoms with van der Waals surface area (Å²) in [5.74, 6) is 0.730. The first-order chi connectivity index (χ1) is 11.6. The quantitative estimate of drug-likeness (QED) is 0.184. The summed E-state index contributed by atoms with van der Waals surface area (Å²) in [5.41, 5.74) is -0.0438. The highest BCUT2D eigenvalue weighted by Crippen LogP contribution is 2.23. The first kappa shape index (κ1) is 24.6. The van der Waals surface area contributed by atoms with Gasteiger partial charge in [-0.05, 0) is 49.1 Å². The number of rotatable bonds is 12. The molecule has 1 heterocycles. The second-order valence-electron chi connectivity index (χ2n) is 5.72. The van der Waals surface area contributed by atoms with Crippen LogP contribution in [0.15, 0.2) is 21.8 Å². The SMILES string of the molecule is CCNC(=NCC(C)(O)c1ccsc1)NCCCCOCCOC.I. The summed E-state index contributed by atoms with van der Waals surface area (Å²) in [4.78, 5) is 4.50. The van der Waals surface area contributed by atoms with Crippen LogP contribution in [0, 0.1) is 0 Å². The molecule has 0 aromatic carbocycles. The molecule has 0 fully saturated rings. The maximum absolute atomic E-state index is 10.5. The van der Waals surface area contributed by atoms with E-state index in [0.717, 1.165) is 44.1 Å². The highest BCUT2D eigenvalue weighted by molar-refractivity contribution is 14.0. The van der Waals surface area contributed by atoms with Crippen molar-refractivity contribution in [1.82, 2.24) is 10.6 Å². The first-order valence-electron chi connectivity index (χ1n) is 8.44. The van der Waals surface area contributed by atoms with Crippen LogP contribution in [0.2, 0.25) is 0 Å². The highest BCUT2D eigenvalue weighted by Gasteiger charge is 2.23. The largest absolute Gasteiger partial charge is 0.383 e. The lowest BCUT2D eigenvalue weighted by molar-refractivity contribution is 0.0676. The normalized spacial score (nSPS) is 13.8. The van der Waals surface area contributed by atoms with Gasteiger partial charge in [-0.25, -0.2) is 4.99 Å². The fourth-order valence-electron chi connectivity index (χ4n) is 2.02. The van der Waals surface area contributed by atoms with Gasteiger partial charge in [0.15, 0.2) is 5.96 Å². The van der Waals surface area contributed by atoms with E-state index in [0.29, 0.717) is 19.8 Å². The molecule has 3 N–H and O–H groups in total. The zero-order valence-electron chi connectivity index (χ0n) is 15.4. The number of methoxy groups -OCH3 is 1. The summed E-state index contributed by atoms with van der Waals surface area (Å²) < 4.78 is 10.4. The van der Waals surface area contributed by atoms with Crippen LogP contribution in [0.5, 0.6) is 0 Å². The average molecular weight is 485 g/mol. The monoisotopic (exact) mass is 485 g/mol. The molecule has 1 aromatic rings. The number of thiophene rings is 1. The van der Waals surface area contributed by atoms with Crippen molar-refractivity contribution in [2.24, 2.45) is 4.99 Å². The Bertz CT molecular complexity index is 456. The number of hydrogen-bond donors (Lipinski definition) is 3. The van der Waals surface area contributed by atoms with Gasteiger partial charge in [-0.2, -0.15) is 11.3 Å². The molecule has 1 aromatic heterocycles. The van der Waals surface area contributed by atoms with Gasteiger partial charge in [0.2, 0.25) is 0 Å². The molecule has 0 aliphatic rings. The van der Waals surface area contributed by atoms with Crippen LogP contribution < -0.4 is 10.6 Å². The minimum atomic E-state index is -0.947. The van der Waals surface area contributed by atoms with Crippen LogP contribution in [-0.2, 0) is 15.1 Å². The van der Waals surface area contributed by atoms with E-state index in [1.54, 1.807) is 25.4 Å². The van der Waals surface area contributed by atoms with E-state index in [-0.39, 0.29) is 24.0 Å². The van der Waals surface area contributed by atoms with Crippen LogP contribution in [0.25, 0.3) is 0 Å². The van der Waals surface area contributed by atoms with Gasteiger partial charge in [-0.3, -0.25) is 0 Å². The topological polar surface area (TPSA) is 75.1 Å². The third-order valence-corrected chi connectivity index (χ3v) is 4.16. The van der Waals surface area contributed by atoms with Crippen LogP contribution >= 0.6 is 35.3 Å². The summed E-state index contributed by atoms with van der Waals surface area (Å²) in [5, 5.41) is 20.9. The summed E-state index contributed by atoms with van der Waals surface area (Å²) in [7, 11) is 1.67. The molecule has 25 heavy (non-hydrogen) atoms. The molecule has 8 heteroatoms. The molecule has 1 atom stereocenters. The van der Waals surface area contributed by atoms with E-state index in [9.17, 15) is 5.11 Å². The Balaban J connectivity index is 0.00000576. The Hall–Kier alpha value is -0.420. The maximum atomic E-state index is 10.5. The lowest BCUT2D eigenvalue weighted by atomic mass is 10.00. The molecule has 146 valence electrons. The van der Waals surface area contributed by atoms with Crippen molar-refractivity contribution < 1.29 is 14.6 Å². The van der Waals surface area contributed by atoms with Gasteiger partial charge in [-0.1, -0.05) is 0 Å². The van der Waals surface area contributed by atoms with Crippen molar-refractivity contribution in [1.29, 1.82) is 0 Å². The summed E-state index contributed by atoms with van der Waals surface area (Å²) in [6.07, 6.45) is 1.99. The number of guanidine groups is 1. The fourth-order valence-corrected chi connectivity index (χ4v) is 2.80. The van der Waals surface area contributed by atoms with E-state index in [2.05, 4.69) is 15.6 Å². The number of aliphatic imine (C=N–C) groups is 1. The van der Waals surface area contributed by atoms with Gasteiger partial charge in [0.1, 0.15) is 5.60 Å². The summed E-state index contributed by atoms with van der Waals surface area (Å²) in [6.45, 7) is 7.76. The van der Waals surface area contributed by atoms with Gasteiger partial charge in [0.25, 0.3) is 0 Å². The number of nitrogens with zero attached hydrogens (tertiary/aromatic N) is 1. The number of ether oxygens (including phenoxy) is 2. The van der Waals surface area contributed by atoms with Crippen LogP contribution in [0.4, 0.5) is 0 Å². The molecule has 1 rings (SSSR count). The van der Waals surface area contributed by atoms with E-state index >= 15 is 0 Å². The fraction of sp³-hybridized carbons (Fsp3) is 0.706. The van der Waals surface area contributed by atoms with Gasteiger partial charge in [0.05, 0.1) is 19.8 Å². The second kappa shape index (κ2) is 14.7. The zero-order valence-corrected chi connectivity index (χ0v) is 18.6. The molecule has 6 nitrogen and oxygen atoms in total. The van der Waals surface area contributed by atoms with Crippen molar-refractivity contribution in [2.45, 2.75) is 32.3 Å². The van der Waals surface area contributed by atoms with Crippen molar-refractivity contribution in [2.75, 3.05) is 46.6 Å². The summed E-state index contributed by atoms with van der Waals surface area (Å²) in [6, 6.07) is 1.93. The predicted octanol–water partition coefficient (Wildman–Crippen LogP) is 2.57. The number of nitrogens with one attached hydrogen (secondary N) is 2. The third kappa shape index (κ3) is 11.0. The molecular weight excluding hydrogens is 453 g/mol. The predicted molar refractivity (Wildman–Crippen MR) is 115 cm³/mol. The van der Waals surface area contributed by atoms with Gasteiger partial charge in [-0.15, -0.1) is 24.0 Å².